The number of aromatic amines is 1. The molecule has 0 atom stereocenters. The van der Waals surface area contributed by atoms with E-state index in [4.69, 9.17) is 0 Å². The minimum absolute atomic E-state index is 0.0142. The molecule has 7 nitrogen and oxygen atoms in total. The Morgan fingerprint density at radius 2 is 1.77 bits per heavy atom. The second kappa shape index (κ2) is 7.72. The summed E-state index contributed by atoms with van der Waals surface area (Å²) in [6.07, 6.45) is 1.77. The van der Waals surface area contributed by atoms with E-state index in [0.29, 0.717) is 48.6 Å². The molecule has 1 N–H and O–H groups in total. The summed E-state index contributed by atoms with van der Waals surface area (Å²) in [5, 5.41) is 3.46. The molecule has 1 saturated heterocycles. The van der Waals surface area contributed by atoms with E-state index in [1.807, 2.05) is 57.6 Å². The van der Waals surface area contributed by atoms with Gasteiger partial charge >= 0.3 is 0 Å². The summed E-state index contributed by atoms with van der Waals surface area (Å²) in [5.74, 6) is 0.568. The Morgan fingerprint density at radius 3 is 2.50 bits per heavy atom. The highest BCUT2D eigenvalue weighted by Crippen LogP contribution is 2.22. The van der Waals surface area contributed by atoms with Crippen LogP contribution in [-0.4, -0.2) is 51.9 Å². The summed E-state index contributed by atoms with van der Waals surface area (Å²) < 4.78 is 0. The molecular formula is C22H19N5O2S. The molecule has 3 heterocycles. The molecule has 2 aromatic heterocycles. The number of thiazole rings is 1. The second-order valence-electron chi connectivity index (χ2n) is 7.10. The molecule has 0 unspecified atom stereocenters. The molecule has 4 aromatic rings. The fraction of sp³-hybridized carbons (Fsp3) is 0.182. The average Bonchev–Trinajstić information content (AvgIpc) is 3.34. The predicted molar refractivity (Wildman–Crippen MR) is 118 cm³/mol. The van der Waals surface area contributed by atoms with Gasteiger partial charge in [-0.25, -0.2) is 9.97 Å². The molecule has 1 aliphatic rings. The molecule has 8 heteroatoms. The number of para-hydroxylation sites is 1. The number of anilines is 1. The smallest absolute Gasteiger partial charge is 0.260 e. The van der Waals surface area contributed by atoms with Crippen LogP contribution in [0.15, 0.2) is 64.9 Å². The van der Waals surface area contributed by atoms with Gasteiger partial charge in [0.1, 0.15) is 5.01 Å². The number of fused-ring (bicyclic) bond motifs is 1. The zero-order valence-corrected chi connectivity index (χ0v) is 16.9. The molecular weight excluding hydrogens is 398 g/mol. The first-order valence-electron chi connectivity index (χ1n) is 9.72. The monoisotopic (exact) mass is 417 g/mol. The number of nitrogens with one attached hydrogen (secondary N) is 1. The molecule has 0 radical (unpaired) electrons. The van der Waals surface area contributed by atoms with Gasteiger partial charge in [-0.2, -0.15) is 0 Å². The Hall–Kier alpha value is -3.52. The van der Waals surface area contributed by atoms with Gasteiger partial charge in [-0.1, -0.05) is 24.3 Å². The van der Waals surface area contributed by atoms with Crippen LogP contribution in [0.1, 0.15) is 10.4 Å². The van der Waals surface area contributed by atoms with E-state index in [0.717, 1.165) is 10.6 Å². The lowest BCUT2D eigenvalue weighted by Crippen LogP contribution is -2.49. The lowest BCUT2D eigenvalue weighted by atomic mass is 10.1. The van der Waals surface area contributed by atoms with Gasteiger partial charge in [-0.3, -0.25) is 14.6 Å². The van der Waals surface area contributed by atoms with Crippen LogP contribution in [0.3, 0.4) is 0 Å². The molecule has 1 amide bonds. The first kappa shape index (κ1) is 18.5. The lowest BCUT2D eigenvalue weighted by molar-refractivity contribution is 0.0746. The second-order valence-corrected chi connectivity index (χ2v) is 8.00. The van der Waals surface area contributed by atoms with E-state index in [1.165, 1.54) is 0 Å². The Bertz CT molecular complexity index is 1240. The van der Waals surface area contributed by atoms with Gasteiger partial charge < -0.3 is 9.80 Å². The van der Waals surface area contributed by atoms with E-state index in [2.05, 4.69) is 15.0 Å². The molecule has 2 aromatic carbocycles. The van der Waals surface area contributed by atoms with Crippen LogP contribution in [0.25, 0.3) is 21.5 Å². The third-order valence-electron chi connectivity index (χ3n) is 5.28. The van der Waals surface area contributed by atoms with Crippen molar-refractivity contribution in [3.63, 3.8) is 0 Å². The fourth-order valence-corrected chi connectivity index (χ4v) is 4.29. The maximum Gasteiger partial charge on any atom is 0.260 e. The van der Waals surface area contributed by atoms with Crippen LogP contribution in [0.5, 0.6) is 0 Å². The fourth-order valence-electron chi connectivity index (χ4n) is 3.65. The van der Waals surface area contributed by atoms with Crippen molar-refractivity contribution in [3.8, 4) is 10.6 Å². The molecule has 0 saturated carbocycles. The number of rotatable bonds is 3. The van der Waals surface area contributed by atoms with Gasteiger partial charge in [-0.05, 0) is 24.3 Å². The van der Waals surface area contributed by atoms with E-state index < -0.39 is 0 Å². The van der Waals surface area contributed by atoms with Gasteiger partial charge in [0.05, 0.1) is 10.9 Å². The number of amides is 1. The van der Waals surface area contributed by atoms with E-state index in [9.17, 15) is 9.59 Å². The minimum Gasteiger partial charge on any atom is -0.339 e. The van der Waals surface area contributed by atoms with E-state index in [-0.39, 0.29) is 11.5 Å². The van der Waals surface area contributed by atoms with Crippen molar-refractivity contribution in [3.05, 3.63) is 76.0 Å². The Kier molecular flexibility index (Phi) is 4.76. The van der Waals surface area contributed by atoms with E-state index in [1.54, 1.807) is 23.6 Å². The SMILES string of the molecule is O=C(c1ccc(-c2nccs2)cc1)N1CCN(c2nc3ccccc3c(=O)[nH]2)CC1. The maximum atomic E-state index is 12.9. The minimum atomic E-state index is -0.144. The van der Waals surface area contributed by atoms with Crippen molar-refractivity contribution >= 4 is 34.1 Å². The highest BCUT2D eigenvalue weighted by atomic mass is 32.1. The largest absolute Gasteiger partial charge is 0.339 e. The number of carbonyl (C=O) groups is 1. The number of H-pyrrole nitrogens is 1. The Morgan fingerprint density at radius 1 is 1.00 bits per heavy atom. The van der Waals surface area contributed by atoms with Crippen molar-refractivity contribution in [2.45, 2.75) is 0 Å². The molecule has 150 valence electrons. The van der Waals surface area contributed by atoms with Crippen LogP contribution >= 0.6 is 11.3 Å². The normalized spacial score (nSPS) is 14.3. The highest BCUT2D eigenvalue weighted by Gasteiger charge is 2.23. The summed E-state index contributed by atoms with van der Waals surface area (Å²) in [6, 6.07) is 14.9. The van der Waals surface area contributed by atoms with Crippen molar-refractivity contribution in [2.75, 3.05) is 31.1 Å². The molecule has 0 bridgehead atoms. The molecule has 30 heavy (non-hydrogen) atoms. The number of hydrogen-bond acceptors (Lipinski definition) is 6. The number of carbonyl (C=O) groups excluding carboxylic acids is 1. The van der Waals surface area contributed by atoms with Gasteiger partial charge in [0.15, 0.2) is 0 Å². The zero-order valence-electron chi connectivity index (χ0n) is 16.1. The summed E-state index contributed by atoms with van der Waals surface area (Å²) in [7, 11) is 0. The third-order valence-corrected chi connectivity index (χ3v) is 6.10. The standard InChI is InChI=1S/C22H19N5O2S/c28-19-17-3-1-2-4-18(17)24-22(25-19)27-12-10-26(11-13-27)21(29)16-7-5-15(6-8-16)20-23-9-14-30-20/h1-9,14H,10-13H2,(H,24,25,28). The number of hydrogen-bond donors (Lipinski definition) is 1. The van der Waals surface area contributed by atoms with Gasteiger partial charge in [0.2, 0.25) is 5.95 Å². The van der Waals surface area contributed by atoms with Crippen molar-refractivity contribution < 1.29 is 4.79 Å². The third kappa shape index (κ3) is 3.46. The first-order valence-corrected chi connectivity index (χ1v) is 10.6. The maximum absolute atomic E-state index is 12.9. The van der Waals surface area contributed by atoms with Crippen molar-refractivity contribution in [2.24, 2.45) is 0 Å². The van der Waals surface area contributed by atoms with Crippen LogP contribution in [0, 0.1) is 0 Å². The van der Waals surface area contributed by atoms with E-state index >= 15 is 0 Å². The molecule has 0 spiro atoms. The number of aromatic nitrogens is 3. The first-order chi connectivity index (χ1) is 14.7. The Balaban J connectivity index is 1.28. The molecule has 5 rings (SSSR count). The molecule has 1 fully saturated rings. The topological polar surface area (TPSA) is 82.2 Å². The summed E-state index contributed by atoms with van der Waals surface area (Å²) in [6.45, 7) is 2.38. The predicted octanol–water partition coefficient (Wildman–Crippen LogP) is 3.01. The van der Waals surface area contributed by atoms with Gasteiger partial charge in [0, 0.05) is 48.9 Å². The van der Waals surface area contributed by atoms with Crippen LogP contribution in [0.2, 0.25) is 0 Å². The van der Waals surface area contributed by atoms with Crippen LogP contribution in [-0.2, 0) is 0 Å². The summed E-state index contributed by atoms with van der Waals surface area (Å²) in [5.41, 5.74) is 2.21. The summed E-state index contributed by atoms with van der Waals surface area (Å²) in [4.78, 5) is 40.8. The van der Waals surface area contributed by atoms with Crippen LogP contribution in [0.4, 0.5) is 5.95 Å². The highest BCUT2D eigenvalue weighted by molar-refractivity contribution is 7.13. The van der Waals surface area contributed by atoms with Gasteiger partial charge in [0.25, 0.3) is 11.5 Å². The molecule has 1 aliphatic heterocycles. The van der Waals surface area contributed by atoms with Gasteiger partial charge in [-0.15, -0.1) is 11.3 Å². The van der Waals surface area contributed by atoms with Crippen molar-refractivity contribution in [1.82, 2.24) is 19.9 Å². The zero-order chi connectivity index (χ0) is 20.5. The summed E-state index contributed by atoms with van der Waals surface area (Å²) >= 11 is 1.57. The number of piperazine rings is 1. The van der Waals surface area contributed by atoms with Crippen molar-refractivity contribution in [1.29, 1.82) is 0 Å². The number of nitrogens with zero attached hydrogens (tertiary/aromatic N) is 4. The Labute approximate surface area is 176 Å². The number of benzene rings is 2. The average molecular weight is 417 g/mol. The lowest BCUT2D eigenvalue weighted by Gasteiger charge is -2.35. The van der Waals surface area contributed by atoms with Crippen LogP contribution < -0.4 is 10.5 Å². The molecule has 0 aliphatic carbocycles. The quantitative estimate of drug-likeness (QED) is 0.554.